The summed E-state index contributed by atoms with van der Waals surface area (Å²) in [4.78, 5) is 12.1. The fourth-order valence-corrected chi connectivity index (χ4v) is 3.06. The fourth-order valence-electron chi connectivity index (χ4n) is 2.18. The summed E-state index contributed by atoms with van der Waals surface area (Å²) in [5, 5.41) is 2.72. The van der Waals surface area contributed by atoms with Gasteiger partial charge in [-0.2, -0.15) is 0 Å². The number of anilines is 1. The van der Waals surface area contributed by atoms with E-state index < -0.39 is 10.0 Å². The van der Waals surface area contributed by atoms with Crippen LogP contribution in [0, 0.1) is 0 Å². The van der Waals surface area contributed by atoms with Crippen molar-refractivity contribution < 1.29 is 17.9 Å². The largest absolute Gasteiger partial charge is 0.383 e. The van der Waals surface area contributed by atoms with Gasteiger partial charge < -0.3 is 10.1 Å². The number of para-hydroxylation sites is 1. The number of benzene rings is 1. The summed E-state index contributed by atoms with van der Waals surface area (Å²) in [5.74, 6) is -0.360. The number of carbonyl (C=O) groups is 1. The van der Waals surface area contributed by atoms with Gasteiger partial charge in [0.1, 0.15) is 6.54 Å². The van der Waals surface area contributed by atoms with Crippen molar-refractivity contribution in [3.8, 4) is 0 Å². The van der Waals surface area contributed by atoms with Gasteiger partial charge in [0, 0.05) is 13.2 Å². The quantitative estimate of drug-likeness (QED) is 0.777. The van der Waals surface area contributed by atoms with Crippen LogP contribution >= 0.6 is 0 Å². The molecule has 0 heterocycles. The number of hydrogen-bond donors (Lipinski definition) is 1. The Morgan fingerprint density at radius 2 is 2.00 bits per heavy atom. The third kappa shape index (κ3) is 5.31. The van der Waals surface area contributed by atoms with Gasteiger partial charge in [-0.3, -0.25) is 9.10 Å². The Balaban J connectivity index is 2.99. The smallest absolute Gasteiger partial charge is 0.241 e. The van der Waals surface area contributed by atoms with Gasteiger partial charge in [-0.05, 0) is 25.0 Å². The van der Waals surface area contributed by atoms with Crippen LogP contribution in [0.2, 0.25) is 0 Å². The summed E-state index contributed by atoms with van der Waals surface area (Å²) in [7, 11) is -2.01. The number of methoxy groups -OCH3 is 1. The summed E-state index contributed by atoms with van der Waals surface area (Å²) in [5.41, 5.74) is 1.42. The molecule has 1 atom stereocenters. The van der Waals surface area contributed by atoms with E-state index in [1.807, 2.05) is 19.1 Å². The lowest BCUT2D eigenvalue weighted by Crippen LogP contribution is -2.44. The van der Waals surface area contributed by atoms with E-state index in [1.54, 1.807) is 26.2 Å². The second-order valence-electron chi connectivity index (χ2n) is 5.18. The summed E-state index contributed by atoms with van der Waals surface area (Å²) in [6.07, 6.45) is 1.79. The Hall–Kier alpha value is -1.60. The topological polar surface area (TPSA) is 75.7 Å². The molecular weight excluding hydrogens is 304 g/mol. The van der Waals surface area contributed by atoms with Crippen molar-refractivity contribution in [1.29, 1.82) is 0 Å². The van der Waals surface area contributed by atoms with E-state index in [0.29, 0.717) is 18.7 Å². The first kappa shape index (κ1) is 18.4. The molecule has 1 amide bonds. The minimum atomic E-state index is -3.55. The van der Waals surface area contributed by atoms with E-state index in [2.05, 4.69) is 5.32 Å². The maximum atomic E-state index is 12.1. The van der Waals surface area contributed by atoms with Crippen LogP contribution in [0.4, 0.5) is 5.69 Å². The number of nitrogens with zero attached hydrogens (tertiary/aromatic N) is 1. The first-order valence-corrected chi connectivity index (χ1v) is 8.98. The molecule has 0 saturated carbocycles. The Kier molecular flexibility index (Phi) is 6.83. The van der Waals surface area contributed by atoms with Gasteiger partial charge in [-0.1, -0.05) is 25.1 Å². The third-order valence-corrected chi connectivity index (χ3v) is 4.28. The normalized spacial score (nSPS) is 12.7. The van der Waals surface area contributed by atoms with E-state index >= 15 is 0 Å². The molecule has 1 aromatic rings. The van der Waals surface area contributed by atoms with Gasteiger partial charge in [-0.25, -0.2) is 8.42 Å². The molecule has 0 aliphatic carbocycles. The highest BCUT2D eigenvalue weighted by Gasteiger charge is 2.23. The van der Waals surface area contributed by atoms with E-state index in [-0.39, 0.29) is 18.5 Å². The maximum Gasteiger partial charge on any atom is 0.241 e. The number of hydrogen-bond acceptors (Lipinski definition) is 4. The van der Waals surface area contributed by atoms with Crippen molar-refractivity contribution in [3.63, 3.8) is 0 Å². The Bertz CT molecular complexity index is 601. The highest BCUT2D eigenvalue weighted by molar-refractivity contribution is 7.92. The number of nitrogens with one attached hydrogen (secondary N) is 1. The van der Waals surface area contributed by atoms with Crippen molar-refractivity contribution >= 4 is 21.6 Å². The highest BCUT2D eigenvalue weighted by atomic mass is 32.2. The first-order chi connectivity index (χ1) is 10.3. The molecule has 0 unspecified atom stereocenters. The fraction of sp³-hybridized carbons (Fsp3) is 0.533. The zero-order valence-corrected chi connectivity index (χ0v) is 14.3. The van der Waals surface area contributed by atoms with Crippen LogP contribution in [0.3, 0.4) is 0 Å². The van der Waals surface area contributed by atoms with Gasteiger partial charge >= 0.3 is 0 Å². The van der Waals surface area contributed by atoms with Crippen LogP contribution in [0.25, 0.3) is 0 Å². The summed E-state index contributed by atoms with van der Waals surface area (Å²) in [6.45, 7) is 3.87. The van der Waals surface area contributed by atoms with Gasteiger partial charge in [0.2, 0.25) is 15.9 Å². The molecular formula is C15H24N2O4S. The first-order valence-electron chi connectivity index (χ1n) is 7.13. The number of ether oxygens (including phenoxy) is 1. The molecule has 0 aromatic heterocycles. The zero-order chi connectivity index (χ0) is 16.8. The van der Waals surface area contributed by atoms with E-state index in [9.17, 15) is 13.2 Å². The van der Waals surface area contributed by atoms with Crippen LogP contribution in [0.5, 0.6) is 0 Å². The van der Waals surface area contributed by atoms with Crippen molar-refractivity contribution in [2.45, 2.75) is 26.3 Å². The number of sulfonamides is 1. The number of rotatable bonds is 8. The van der Waals surface area contributed by atoms with Gasteiger partial charge in [0.05, 0.1) is 18.6 Å². The minimum Gasteiger partial charge on any atom is -0.383 e. The predicted octanol–water partition coefficient (Wildman–Crippen LogP) is 1.17. The van der Waals surface area contributed by atoms with Crippen LogP contribution in [0.1, 0.15) is 19.4 Å². The lowest BCUT2D eigenvalue weighted by molar-refractivity contribution is -0.120. The molecule has 6 nitrogen and oxygen atoms in total. The number of amides is 1. The molecule has 7 heteroatoms. The summed E-state index contributed by atoms with van der Waals surface area (Å²) in [6, 6.07) is 7.01. The van der Waals surface area contributed by atoms with E-state index in [0.717, 1.165) is 16.1 Å². The molecule has 0 radical (unpaired) electrons. The van der Waals surface area contributed by atoms with Crippen LogP contribution in [-0.4, -0.2) is 46.9 Å². The van der Waals surface area contributed by atoms with E-state index in [1.165, 1.54) is 0 Å². The van der Waals surface area contributed by atoms with Crippen LogP contribution in [-0.2, 0) is 26.0 Å². The maximum absolute atomic E-state index is 12.1. The molecule has 0 aliphatic rings. The molecule has 0 saturated heterocycles. The third-order valence-electron chi connectivity index (χ3n) is 3.15. The Morgan fingerprint density at radius 3 is 2.55 bits per heavy atom. The average Bonchev–Trinajstić information content (AvgIpc) is 2.43. The molecule has 22 heavy (non-hydrogen) atoms. The molecule has 0 fully saturated rings. The standard InChI is InChI=1S/C15H24N2O4S/c1-5-13-8-6-7-9-14(13)17(22(4,19)20)10-15(18)16-12(2)11-21-3/h6-9,12H,5,10-11H2,1-4H3,(H,16,18)/t12-/m1/s1. The summed E-state index contributed by atoms with van der Waals surface area (Å²) >= 11 is 0. The highest BCUT2D eigenvalue weighted by Crippen LogP contribution is 2.23. The SMILES string of the molecule is CCc1ccccc1N(CC(=O)N[C@H](C)COC)S(C)(=O)=O. The molecule has 0 bridgehead atoms. The van der Waals surface area contributed by atoms with E-state index in [4.69, 9.17) is 4.74 Å². The molecule has 0 spiro atoms. The summed E-state index contributed by atoms with van der Waals surface area (Å²) < 4.78 is 30.2. The lowest BCUT2D eigenvalue weighted by Gasteiger charge is -2.25. The van der Waals surface area contributed by atoms with Gasteiger partial charge in [0.15, 0.2) is 0 Å². The molecule has 1 N–H and O–H groups in total. The minimum absolute atomic E-state index is 0.180. The predicted molar refractivity (Wildman–Crippen MR) is 87.5 cm³/mol. The van der Waals surface area contributed by atoms with Crippen molar-refractivity contribution in [2.75, 3.05) is 30.8 Å². The molecule has 0 aliphatic heterocycles. The molecule has 1 rings (SSSR count). The molecule has 1 aromatic carbocycles. The van der Waals surface area contributed by atoms with Crippen molar-refractivity contribution in [1.82, 2.24) is 5.32 Å². The van der Waals surface area contributed by atoms with Crippen LogP contribution in [0.15, 0.2) is 24.3 Å². The monoisotopic (exact) mass is 328 g/mol. The number of carbonyl (C=O) groups excluding carboxylic acids is 1. The zero-order valence-electron chi connectivity index (χ0n) is 13.5. The lowest BCUT2D eigenvalue weighted by atomic mass is 10.1. The Labute approximate surface area is 132 Å². The van der Waals surface area contributed by atoms with Gasteiger partial charge in [0.25, 0.3) is 0 Å². The Morgan fingerprint density at radius 1 is 1.36 bits per heavy atom. The van der Waals surface area contributed by atoms with Crippen LogP contribution < -0.4 is 9.62 Å². The molecule has 124 valence electrons. The average molecular weight is 328 g/mol. The van der Waals surface area contributed by atoms with Gasteiger partial charge in [-0.15, -0.1) is 0 Å². The van der Waals surface area contributed by atoms with Crippen molar-refractivity contribution in [2.24, 2.45) is 0 Å². The second kappa shape index (κ2) is 8.14. The second-order valence-corrected chi connectivity index (χ2v) is 7.08. The number of aryl methyl sites for hydroxylation is 1. The van der Waals surface area contributed by atoms with Crippen molar-refractivity contribution in [3.05, 3.63) is 29.8 Å².